The van der Waals surface area contributed by atoms with Crippen molar-refractivity contribution in [1.82, 2.24) is 5.32 Å². The summed E-state index contributed by atoms with van der Waals surface area (Å²) in [7, 11) is 0. The number of hydrogen-bond acceptors (Lipinski definition) is 3. The van der Waals surface area contributed by atoms with Crippen molar-refractivity contribution in [2.24, 2.45) is 5.73 Å². The molecule has 0 saturated carbocycles. The fourth-order valence-corrected chi connectivity index (χ4v) is 1.15. The maximum atomic E-state index is 11.0. The predicted octanol–water partition coefficient (Wildman–Crippen LogP) is 0.203. The molecule has 66 valence electrons. The highest BCUT2D eigenvalue weighted by atomic mass is 32.2. The molecule has 0 unspecified atom stereocenters. The Morgan fingerprint density at radius 2 is 2.36 bits per heavy atom. The summed E-state index contributed by atoms with van der Waals surface area (Å²) in [4.78, 5) is 11.0. The van der Waals surface area contributed by atoms with Crippen LogP contribution in [-0.2, 0) is 4.79 Å². The van der Waals surface area contributed by atoms with Gasteiger partial charge < -0.3 is 11.1 Å². The van der Waals surface area contributed by atoms with Gasteiger partial charge in [0.15, 0.2) is 0 Å². The number of carbonyl (C=O) groups is 1. The molecule has 0 radical (unpaired) electrons. The third-order valence-electron chi connectivity index (χ3n) is 1.23. The number of carbonyl (C=O) groups excluding carboxylic acids is 1. The zero-order valence-corrected chi connectivity index (χ0v) is 7.91. The molecule has 1 atom stereocenters. The molecule has 0 aromatic rings. The van der Waals surface area contributed by atoms with E-state index < -0.39 is 0 Å². The van der Waals surface area contributed by atoms with E-state index >= 15 is 0 Å². The van der Waals surface area contributed by atoms with E-state index in [0.717, 1.165) is 13.0 Å². The van der Waals surface area contributed by atoms with Crippen molar-refractivity contribution in [3.05, 3.63) is 0 Å². The SMILES string of the molecule is CCCNC(=O)[C@@H](N)CSC. The molecule has 0 aromatic heterocycles. The van der Waals surface area contributed by atoms with Crippen LogP contribution in [0.1, 0.15) is 13.3 Å². The Morgan fingerprint density at radius 1 is 1.73 bits per heavy atom. The monoisotopic (exact) mass is 176 g/mol. The van der Waals surface area contributed by atoms with Crippen LogP contribution >= 0.6 is 11.8 Å². The van der Waals surface area contributed by atoms with Crippen molar-refractivity contribution in [1.29, 1.82) is 0 Å². The molecule has 0 aromatic carbocycles. The average molecular weight is 176 g/mol. The molecule has 0 spiro atoms. The summed E-state index contributed by atoms with van der Waals surface area (Å²) in [5.41, 5.74) is 5.54. The lowest BCUT2D eigenvalue weighted by Gasteiger charge is -2.09. The zero-order chi connectivity index (χ0) is 8.69. The van der Waals surface area contributed by atoms with Crippen molar-refractivity contribution in [2.75, 3.05) is 18.6 Å². The van der Waals surface area contributed by atoms with Crippen LogP contribution < -0.4 is 11.1 Å². The molecule has 0 rings (SSSR count). The van der Waals surface area contributed by atoms with Crippen LogP contribution in [0.4, 0.5) is 0 Å². The highest BCUT2D eigenvalue weighted by Gasteiger charge is 2.10. The van der Waals surface area contributed by atoms with Crippen LogP contribution in [0.3, 0.4) is 0 Å². The second-order valence-electron chi connectivity index (χ2n) is 2.35. The van der Waals surface area contributed by atoms with E-state index in [4.69, 9.17) is 5.73 Å². The highest BCUT2D eigenvalue weighted by molar-refractivity contribution is 7.98. The smallest absolute Gasteiger partial charge is 0.237 e. The summed E-state index contributed by atoms with van der Waals surface area (Å²) in [6.07, 6.45) is 2.89. The zero-order valence-electron chi connectivity index (χ0n) is 7.09. The van der Waals surface area contributed by atoms with Crippen LogP contribution in [0.25, 0.3) is 0 Å². The summed E-state index contributed by atoms with van der Waals surface area (Å²) in [5, 5.41) is 2.74. The Kier molecular flexibility index (Phi) is 6.36. The van der Waals surface area contributed by atoms with Gasteiger partial charge in [-0.3, -0.25) is 4.79 Å². The lowest BCUT2D eigenvalue weighted by Crippen LogP contribution is -2.42. The lowest BCUT2D eigenvalue weighted by atomic mass is 10.3. The summed E-state index contributed by atoms with van der Waals surface area (Å²) < 4.78 is 0. The molecule has 0 bridgehead atoms. The fraction of sp³-hybridized carbons (Fsp3) is 0.857. The number of amides is 1. The van der Waals surface area contributed by atoms with Crippen LogP contribution in [0.5, 0.6) is 0 Å². The van der Waals surface area contributed by atoms with Crippen molar-refractivity contribution in [3.63, 3.8) is 0 Å². The van der Waals surface area contributed by atoms with Gasteiger partial charge in [-0.15, -0.1) is 0 Å². The Morgan fingerprint density at radius 3 is 2.82 bits per heavy atom. The van der Waals surface area contributed by atoms with E-state index in [9.17, 15) is 4.79 Å². The van der Waals surface area contributed by atoms with Gasteiger partial charge in [0.1, 0.15) is 0 Å². The van der Waals surface area contributed by atoms with Crippen molar-refractivity contribution in [3.8, 4) is 0 Å². The minimum absolute atomic E-state index is 0.0406. The normalized spacial score (nSPS) is 12.6. The topological polar surface area (TPSA) is 55.1 Å². The molecular weight excluding hydrogens is 160 g/mol. The molecule has 0 saturated heterocycles. The molecule has 4 heteroatoms. The van der Waals surface area contributed by atoms with E-state index in [1.54, 1.807) is 11.8 Å². The number of thioether (sulfide) groups is 1. The summed E-state index contributed by atoms with van der Waals surface area (Å²) in [6, 6.07) is -0.350. The number of rotatable bonds is 5. The van der Waals surface area contributed by atoms with Crippen LogP contribution in [0, 0.1) is 0 Å². The van der Waals surface area contributed by atoms with Gasteiger partial charge in [0.2, 0.25) is 5.91 Å². The van der Waals surface area contributed by atoms with Gasteiger partial charge in [-0.1, -0.05) is 6.92 Å². The van der Waals surface area contributed by atoms with Gasteiger partial charge in [0.05, 0.1) is 6.04 Å². The van der Waals surface area contributed by atoms with Gasteiger partial charge in [0, 0.05) is 12.3 Å². The summed E-state index contributed by atoms with van der Waals surface area (Å²) in [5.74, 6) is 0.649. The minimum atomic E-state index is -0.350. The molecule has 1 amide bonds. The molecule has 0 aliphatic heterocycles. The van der Waals surface area contributed by atoms with Crippen molar-refractivity contribution in [2.45, 2.75) is 19.4 Å². The van der Waals surface area contributed by atoms with E-state index in [1.165, 1.54) is 0 Å². The van der Waals surface area contributed by atoms with E-state index in [1.807, 2.05) is 13.2 Å². The molecule has 0 aliphatic rings. The third kappa shape index (κ3) is 5.09. The number of hydrogen-bond donors (Lipinski definition) is 2. The van der Waals surface area contributed by atoms with Crippen molar-refractivity contribution < 1.29 is 4.79 Å². The van der Waals surface area contributed by atoms with Gasteiger partial charge in [-0.25, -0.2) is 0 Å². The number of nitrogens with one attached hydrogen (secondary N) is 1. The second kappa shape index (κ2) is 6.49. The predicted molar refractivity (Wildman–Crippen MR) is 49.7 cm³/mol. The largest absolute Gasteiger partial charge is 0.355 e. The Labute approximate surface area is 72.1 Å². The first kappa shape index (κ1) is 10.8. The second-order valence-corrected chi connectivity index (χ2v) is 3.26. The molecule has 0 aliphatic carbocycles. The van der Waals surface area contributed by atoms with Crippen LogP contribution in [0.15, 0.2) is 0 Å². The van der Waals surface area contributed by atoms with Gasteiger partial charge in [0.25, 0.3) is 0 Å². The van der Waals surface area contributed by atoms with Crippen LogP contribution in [0.2, 0.25) is 0 Å². The lowest BCUT2D eigenvalue weighted by molar-refractivity contribution is -0.121. The summed E-state index contributed by atoms with van der Waals surface area (Å²) >= 11 is 1.59. The molecule has 0 heterocycles. The summed E-state index contributed by atoms with van der Waals surface area (Å²) in [6.45, 7) is 2.74. The Bertz CT molecular complexity index is 119. The molecule has 11 heavy (non-hydrogen) atoms. The van der Waals surface area contributed by atoms with E-state index in [2.05, 4.69) is 5.32 Å². The van der Waals surface area contributed by atoms with Crippen molar-refractivity contribution >= 4 is 17.7 Å². The van der Waals surface area contributed by atoms with Gasteiger partial charge in [-0.05, 0) is 12.7 Å². The fourth-order valence-electron chi connectivity index (χ4n) is 0.635. The first-order valence-electron chi connectivity index (χ1n) is 3.74. The first-order chi connectivity index (χ1) is 5.22. The van der Waals surface area contributed by atoms with E-state index in [0.29, 0.717) is 5.75 Å². The Hall–Kier alpha value is -0.220. The Balaban J connectivity index is 3.47. The minimum Gasteiger partial charge on any atom is -0.355 e. The van der Waals surface area contributed by atoms with Gasteiger partial charge >= 0.3 is 0 Å². The molecular formula is C7H16N2OS. The number of nitrogens with two attached hydrogens (primary N) is 1. The first-order valence-corrected chi connectivity index (χ1v) is 5.14. The van der Waals surface area contributed by atoms with Gasteiger partial charge in [-0.2, -0.15) is 11.8 Å². The molecule has 3 N–H and O–H groups in total. The maximum absolute atomic E-state index is 11.0. The quantitative estimate of drug-likeness (QED) is 0.629. The standard InChI is InChI=1S/C7H16N2OS/c1-3-4-9-7(10)6(8)5-11-2/h6H,3-5,8H2,1-2H3,(H,9,10)/t6-/m0/s1. The van der Waals surface area contributed by atoms with E-state index in [-0.39, 0.29) is 11.9 Å². The average Bonchev–Trinajstić information content (AvgIpc) is 2.00. The highest BCUT2D eigenvalue weighted by Crippen LogP contribution is 1.94. The van der Waals surface area contributed by atoms with Crippen LogP contribution in [-0.4, -0.2) is 30.5 Å². The molecule has 3 nitrogen and oxygen atoms in total. The third-order valence-corrected chi connectivity index (χ3v) is 1.92. The maximum Gasteiger partial charge on any atom is 0.237 e. The molecule has 0 fully saturated rings.